The van der Waals surface area contributed by atoms with E-state index >= 15 is 0 Å². The molecule has 2 atom stereocenters. The minimum atomic E-state index is -0.508. The lowest BCUT2D eigenvalue weighted by molar-refractivity contribution is -0.124. The maximum absolute atomic E-state index is 13.2. The molecule has 2 aromatic carbocycles. The van der Waals surface area contributed by atoms with Crippen molar-refractivity contribution in [1.82, 2.24) is 10.2 Å². The van der Waals surface area contributed by atoms with E-state index in [2.05, 4.69) is 5.32 Å². The van der Waals surface area contributed by atoms with Crippen molar-refractivity contribution in [3.8, 4) is 17.2 Å². The number of hydrogen-bond acceptors (Lipinski definition) is 6. The van der Waals surface area contributed by atoms with Crippen molar-refractivity contribution in [2.24, 2.45) is 0 Å². The normalized spacial score (nSPS) is 19.3. The number of hydrogen-bond donors (Lipinski definition) is 1. The lowest BCUT2D eigenvalue weighted by atomic mass is 10.1. The number of amides is 2. The number of nitrogens with zero attached hydrogens (tertiary/aromatic N) is 1. The van der Waals surface area contributed by atoms with Gasteiger partial charge in [-0.25, -0.2) is 0 Å². The first-order valence-electron chi connectivity index (χ1n) is 9.68. The van der Waals surface area contributed by atoms with E-state index in [0.29, 0.717) is 35.8 Å². The summed E-state index contributed by atoms with van der Waals surface area (Å²) in [6.45, 7) is 0.503. The summed E-state index contributed by atoms with van der Waals surface area (Å²) >= 11 is 1.60. The molecular formula is C22H24N2O5S. The van der Waals surface area contributed by atoms with Gasteiger partial charge in [0.25, 0.3) is 5.91 Å². The highest BCUT2D eigenvalue weighted by atomic mass is 32.2. The maximum atomic E-state index is 13.2. The van der Waals surface area contributed by atoms with E-state index in [0.717, 1.165) is 16.9 Å². The molecule has 2 aromatic rings. The largest absolute Gasteiger partial charge is 0.497 e. The SMILES string of the molecule is COc1ccc(CCNC(=O)[C@@H]2CS[C@H]3c4ccc(OC)c(OC)c4C(=O)N23)cc1. The number of thioether (sulfide) groups is 1. The molecule has 1 saturated heterocycles. The highest BCUT2D eigenvalue weighted by Gasteiger charge is 2.50. The van der Waals surface area contributed by atoms with Crippen molar-refractivity contribution in [3.63, 3.8) is 0 Å². The topological polar surface area (TPSA) is 77.1 Å². The highest BCUT2D eigenvalue weighted by Crippen LogP contribution is 2.52. The molecule has 1 fully saturated rings. The number of nitrogens with one attached hydrogen (secondary N) is 1. The second kappa shape index (κ2) is 8.47. The Morgan fingerprint density at radius 1 is 1.10 bits per heavy atom. The summed E-state index contributed by atoms with van der Waals surface area (Å²) in [5, 5.41) is 2.80. The van der Waals surface area contributed by atoms with Gasteiger partial charge in [0.2, 0.25) is 5.91 Å². The molecule has 2 aliphatic rings. The van der Waals surface area contributed by atoms with Crippen LogP contribution < -0.4 is 19.5 Å². The summed E-state index contributed by atoms with van der Waals surface area (Å²) in [6.07, 6.45) is 0.707. The molecule has 0 aromatic heterocycles. The Kier molecular flexibility index (Phi) is 5.76. The lowest BCUT2D eigenvalue weighted by Crippen LogP contribution is -2.46. The molecule has 30 heavy (non-hydrogen) atoms. The van der Waals surface area contributed by atoms with Crippen LogP contribution in [0.3, 0.4) is 0 Å². The standard InChI is InChI=1S/C22H24N2O5S/c1-27-14-6-4-13(5-7-14)10-11-23-20(25)16-12-30-22-15-8-9-17(28-2)19(29-3)18(15)21(26)24(16)22/h4-9,16,22H,10-12H2,1-3H3,(H,23,25)/t16-,22-/m0/s1. The summed E-state index contributed by atoms with van der Waals surface area (Å²) in [4.78, 5) is 27.7. The van der Waals surface area contributed by atoms with Gasteiger partial charge < -0.3 is 24.4 Å². The van der Waals surface area contributed by atoms with Crippen LogP contribution in [0.4, 0.5) is 0 Å². The smallest absolute Gasteiger partial charge is 0.260 e. The molecule has 7 nitrogen and oxygen atoms in total. The molecule has 2 amide bonds. The van der Waals surface area contributed by atoms with Gasteiger partial charge in [-0.2, -0.15) is 0 Å². The Hall–Kier alpha value is -2.87. The Labute approximate surface area is 179 Å². The van der Waals surface area contributed by atoms with Crippen molar-refractivity contribution in [3.05, 3.63) is 53.1 Å². The number of fused-ring (bicyclic) bond motifs is 3. The van der Waals surface area contributed by atoms with Gasteiger partial charge >= 0.3 is 0 Å². The molecular weight excluding hydrogens is 404 g/mol. The zero-order valence-electron chi connectivity index (χ0n) is 17.1. The molecule has 2 heterocycles. The maximum Gasteiger partial charge on any atom is 0.260 e. The van der Waals surface area contributed by atoms with Crippen LogP contribution in [0.2, 0.25) is 0 Å². The summed E-state index contributed by atoms with van der Waals surface area (Å²) < 4.78 is 15.9. The van der Waals surface area contributed by atoms with Crippen molar-refractivity contribution in [2.45, 2.75) is 17.8 Å². The molecule has 0 saturated carbocycles. The van der Waals surface area contributed by atoms with Gasteiger partial charge in [0.05, 0.1) is 26.9 Å². The zero-order chi connectivity index (χ0) is 21.3. The third kappa shape index (κ3) is 3.45. The number of benzene rings is 2. The van der Waals surface area contributed by atoms with Gasteiger partial charge in [0.15, 0.2) is 11.5 Å². The fraction of sp³-hybridized carbons (Fsp3) is 0.364. The Bertz CT molecular complexity index is 963. The second-order valence-corrected chi connectivity index (χ2v) is 8.18. The van der Waals surface area contributed by atoms with E-state index in [1.54, 1.807) is 36.9 Å². The third-order valence-electron chi connectivity index (χ3n) is 5.47. The van der Waals surface area contributed by atoms with Gasteiger partial charge in [0.1, 0.15) is 17.2 Å². The molecule has 8 heteroatoms. The first kappa shape index (κ1) is 20.4. The van der Waals surface area contributed by atoms with Crippen LogP contribution in [-0.2, 0) is 11.2 Å². The van der Waals surface area contributed by atoms with Gasteiger partial charge in [-0.05, 0) is 30.2 Å². The van der Waals surface area contributed by atoms with E-state index in [-0.39, 0.29) is 17.2 Å². The van der Waals surface area contributed by atoms with Crippen LogP contribution in [0.5, 0.6) is 17.2 Å². The molecule has 0 radical (unpaired) electrons. The molecule has 0 aliphatic carbocycles. The first-order chi connectivity index (χ1) is 14.6. The predicted molar refractivity (Wildman–Crippen MR) is 114 cm³/mol. The summed E-state index contributed by atoms with van der Waals surface area (Å²) in [5.41, 5.74) is 2.47. The second-order valence-electron chi connectivity index (χ2n) is 7.07. The van der Waals surface area contributed by atoms with Crippen LogP contribution in [0.15, 0.2) is 36.4 Å². The fourth-order valence-corrected chi connectivity index (χ4v) is 5.39. The van der Waals surface area contributed by atoms with Crippen molar-refractivity contribution in [1.29, 1.82) is 0 Å². The summed E-state index contributed by atoms with van der Waals surface area (Å²) in [6, 6.07) is 10.9. The number of methoxy groups -OCH3 is 3. The highest BCUT2D eigenvalue weighted by molar-refractivity contribution is 7.99. The number of rotatable bonds is 7. The van der Waals surface area contributed by atoms with Gasteiger partial charge in [-0.15, -0.1) is 11.8 Å². The van der Waals surface area contributed by atoms with E-state index < -0.39 is 6.04 Å². The molecule has 0 spiro atoms. The van der Waals surface area contributed by atoms with Gasteiger partial charge in [0, 0.05) is 17.9 Å². The first-order valence-corrected chi connectivity index (χ1v) is 10.7. The average molecular weight is 429 g/mol. The van der Waals surface area contributed by atoms with Crippen LogP contribution >= 0.6 is 11.8 Å². The van der Waals surface area contributed by atoms with E-state index in [4.69, 9.17) is 14.2 Å². The molecule has 0 bridgehead atoms. The molecule has 158 valence electrons. The van der Waals surface area contributed by atoms with Crippen molar-refractivity contribution >= 4 is 23.6 Å². The molecule has 2 aliphatic heterocycles. The monoisotopic (exact) mass is 428 g/mol. The van der Waals surface area contributed by atoms with E-state index in [9.17, 15) is 9.59 Å². The Morgan fingerprint density at radius 2 is 1.87 bits per heavy atom. The van der Waals surface area contributed by atoms with Gasteiger partial charge in [-0.1, -0.05) is 18.2 Å². The molecule has 4 rings (SSSR count). The fourth-order valence-electron chi connectivity index (χ4n) is 3.93. The average Bonchev–Trinajstić information content (AvgIpc) is 3.33. The Morgan fingerprint density at radius 3 is 2.53 bits per heavy atom. The molecule has 0 unspecified atom stereocenters. The predicted octanol–water partition coefficient (Wildman–Crippen LogP) is 2.64. The number of ether oxygens (including phenoxy) is 3. The van der Waals surface area contributed by atoms with Crippen LogP contribution in [0, 0.1) is 0 Å². The van der Waals surface area contributed by atoms with Crippen molar-refractivity contribution in [2.75, 3.05) is 33.6 Å². The van der Waals surface area contributed by atoms with E-state index in [1.807, 2.05) is 30.3 Å². The summed E-state index contributed by atoms with van der Waals surface area (Å²) in [7, 11) is 4.69. The minimum absolute atomic E-state index is 0.134. The number of carbonyl (C=O) groups excluding carboxylic acids is 2. The zero-order valence-corrected chi connectivity index (χ0v) is 18.0. The van der Waals surface area contributed by atoms with E-state index in [1.165, 1.54) is 7.11 Å². The Balaban J connectivity index is 1.44. The minimum Gasteiger partial charge on any atom is -0.497 e. The summed E-state index contributed by atoms with van der Waals surface area (Å²) in [5.74, 6) is 1.98. The number of carbonyl (C=O) groups is 2. The van der Waals surface area contributed by atoms with Crippen LogP contribution in [-0.4, -0.2) is 56.4 Å². The molecule has 1 N–H and O–H groups in total. The van der Waals surface area contributed by atoms with Crippen LogP contribution in [0.25, 0.3) is 0 Å². The van der Waals surface area contributed by atoms with Crippen molar-refractivity contribution < 1.29 is 23.8 Å². The third-order valence-corrected chi connectivity index (χ3v) is 6.77. The quantitative estimate of drug-likeness (QED) is 0.731. The van der Waals surface area contributed by atoms with Crippen LogP contribution in [0.1, 0.15) is 26.9 Å². The van der Waals surface area contributed by atoms with Gasteiger partial charge in [-0.3, -0.25) is 9.59 Å². The lowest BCUT2D eigenvalue weighted by Gasteiger charge is -2.22.